The first-order chi connectivity index (χ1) is 15.0. The number of carbonyl (C=O) groups excluding carboxylic acids is 1. The van der Waals surface area contributed by atoms with E-state index in [9.17, 15) is 18.0 Å². The van der Waals surface area contributed by atoms with Crippen molar-refractivity contribution in [3.05, 3.63) is 72.1 Å². The minimum atomic E-state index is -0.678. The van der Waals surface area contributed by atoms with Gasteiger partial charge in [-0.15, -0.1) is 10.2 Å². The second-order valence-corrected chi connectivity index (χ2v) is 7.80. The van der Waals surface area contributed by atoms with E-state index in [1.807, 2.05) is 0 Å². The second-order valence-electron chi connectivity index (χ2n) is 7.80. The highest BCUT2D eigenvalue weighted by atomic mass is 19.1. The zero-order valence-corrected chi connectivity index (χ0v) is 16.3. The molecule has 31 heavy (non-hydrogen) atoms. The third-order valence-corrected chi connectivity index (χ3v) is 5.70. The molecule has 5 rings (SSSR count). The van der Waals surface area contributed by atoms with Crippen LogP contribution in [-0.4, -0.2) is 31.7 Å². The van der Waals surface area contributed by atoms with Crippen molar-refractivity contribution in [2.45, 2.75) is 31.3 Å². The maximum Gasteiger partial charge on any atom is 0.240 e. The summed E-state index contributed by atoms with van der Waals surface area (Å²) in [5.74, 6) is -1.87. The number of hydrogen-bond donors (Lipinski definition) is 2. The Balaban J connectivity index is 1.42. The van der Waals surface area contributed by atoms with Crippen molar-refractivity contribution in [1.29, 1.82) is 0 Å². The highest BCUT2D eigenvalue weighted by Gasteiger charge is 2.35. The summed E-state index contributed by atoms with van der Waals surface area (Å²) in [5.41, 5.74) is 2.33. The van der Waals surface area contributed by atoms with Crippen molar-refractivity contribution in [2.24, 2.45) is 0 Å². The Morgan fingerprint density at radius 2 is 1.77 bits per heavy atom. The van der Waals surface area contributed by atoms with E-state index in [2.05, 4.69) is 20.5 Å². The normalized spacial score (nSPS) is 18.2. The quantitative estimate of drug-likeness (QED) is 0.509. The standard InChI is InChI=1S/C22H18F3N5O/c23-14-3-1-12(2-4-14)21-20(17-7-15(24)8-18(25)22(17)29-21)13-5-16(6-13)28-19(31)9-30-10-26-27-11-30/h1-4,7-8,10-11,13,16,29H,5-6,9H2,(H,28,31)/t13-,16-. The topological polar surface area (TPSA) is 75.6 Å². The molecule has 1 saturated carbocycles. The van der Waals surface area contributed by atoms with Crippen LogP contribution in [0.3, 0.4) is 0 Å². The van der Waals surface area contributed by atoms with Gasteiger partial charge in [-0.2, -0.15) is 0 Å². The lowest BCUT2D eigenvalue weighted by Gasteiger charge is -2.36. The zero-order chi connectivity index (χ0) is 21.5. The zero-order valence-electron chi connectivity index (χ0n) is 16.3. The molecular weight excluding hydrogens is 407 g/mol. The van der Waals surface area contributed by atoms with Gasteiger partial charge in [0.2, 0.25) is 5.91 Å². The number of nitrogens with zero attached hydrogens (tertiary/aromatic N) is 3. The number of halogens is 3. The lowest BCUT2D eigenvalue weighted by atomic mass is 9.74. The smallest absolute Gasteiger partial charge is 0.240 e. The maximum absolute atomic E-state index is 14.4. The van der Waals surface area contributed by atoms with E-state index >= 15 is 0 Å². The number of carbonyl (C=O) groups is 1. The molecule has 6 nitrogen and oxygen atoms in total. The van der Waals surface area contributed by atoms with Crippen LogP contribution in [0.4, 0.5) is 13.2 Å². The van der Waals surface area contributed by atoms with Gasteiger partial charge in [-0.05, 0) is 60.2 Å². The van der Waals surface area contributed by atoms with E-state index in [0.29, 0.717) is 29.5 Å². The number of aromatic amines is 1. The monoisotopic (exact) mass is 425 g/mol. The van der Waals surface area contributed by atoms with E-state index in [1.54, 1.807) is 16.7 Å². The van der Waals surface area contributed by atoms with Crippen LogP contribution in [0.2, 0.25) is 0 Å². The maximum atomic E-state index is 14.4. The van der Waals surface area contributed by atoms with Crippen molar-refractivity contribution < 1.29 is 18.0 Å². The van der Waals surface area contributed by atoms with Crippen LogP contribution in [0.15, 0.2) is 49.1 Å². The first-order valence-electron chi connectivity index (χ1n) is 9.86. The molecule has 1 aliphatic rings. The van der Waals surface area contributed by atoms with Gasteiger partial charge in [-0.3, -0.25) is 4.79 Å². The fourth-order valence-electron chi connectivity index (χ4n) is 4.22. The summed E-state index contributed by atoms with van der Waals surface area (Å²) in [4.78, 5) is 15.3. The number of benzene rings is 2. The van der Waals surface area contributed by atoms with Crippen LogP contribution < -0.4 is 5.32 Å². The van der Waals surface area contributed by atoms with Gasteiger partial charge in [-0.1, -0.05) is 0 Å². The summed E-state index contributed by atoms with van der Waals surface area (Å²) in [6, 6.07) is 7.98. The Hall–Kier alpha value is -3.62. The molecule has 0 spiro atoms. The first-order valence-corrected chi connectivity index (χ1v) is 9.86. The van der Waals surface area contributed by atoms with Crippen molar-refractivity contribution in [2.75, 3.05) is 0 Å². The average Bonchev–Trinajstić information content (AvgIpc) is 3.33. The summed E-state index contributed by atoms with van der Waals surface area (Å²) in [5, 5.41) is 10.8. The van der Waals surface area contributed by atoms with E-state index in [4.69, 9.17) is 0 Å². The number of H-pyrrole nitrogens is 1. The van der Waals surface area contributed by atoms with Gasteiger partial charge < -0.3 is 14.9 Å². The highest BCUT2D eigenvalue weighted by Crippen LogP contribution is 2.45. The Morgan fingerprint density at radius 3 is 2.48 bits per heavy atom. The summed E-state index contributed by atoms with van der Waals surface area (Å²) in [6.07, 6.45) is 4.20. The molecule has 2 aromatic carbocycles. The molecule has 1 amide bonds. The summed E-state index contributed by atoms with van der Waals surface area (Å²) < 4.78 is 43.4. The lowest BCUT2D eigenvalue weighted by Crippen LogP contribution is -2.44. The molecule has 4 aromatic rings. The molecule has 0 aliphatic heterocycles. The predicted molar refractivity (Wildman–Crippen MR) is 108 cm³/mol. The fraction of sp³-hybridized carbons (Fsp3) is 0.227. The molecule has 1 fully saturated rings. The van der Waals surface area contributed by atoms with Gasteiger partial charge in [-0.25, -0.2) is 13.2 Å². The summed E-state index contributed by atoms with van der Waals surface area (Å²) in [6.45, 7) is 0.124. The average molecular weight is 425 g/mol. The Labute approximate surface area is 175 Å². The molecule has 2 aromatic heterocycles. The molecular formula is C22H18F3N5O. The molecule has 2 N–H and O–H groups in total. The fourth-order valence-corrected chi connectivity index (χ4v) is 4.22. The van der Waals surface area contributed by atoms with Gasteiger partial charge >= 0.3 is 0 Å². The van der Waals surface area contributed by atoms with Crippen molar-refractivity contribution >= 4 is 16.8 Å². The van der Waals surface area contributed by atoms with Gasteiger partial charge in [0.25, 0.3) is 0 Å². The third-order valence-electron chi connectivity index (χ3n) is 5.70. The van der Waals surface area contributed by atoms with Crippen LogP contribution in [0.1, 0.15) is 24.3 Å². The third kappa shape index (κ3) is 3.67. The Kier molecular flexibility index (Phi) is 4.72. The van der Waals surface area contributed by atoms with Gasteiger partial charge in [0.1, 0.15) is 36.7 Å². The minimum Gasteiger partial charge on any atom is -0.352 e. The molecule has 0 unspecified atom stereocenters. The van der Waals surface area contributed by atoms with Crippen molar-refractivity contribution in [1.82, 2.24) is 25.1 Å². The van der Waals surface area contributed by atoms with Crippen LogP contribution in [0.25, 0.3) is 22.2 Å². The van der Waals surface area contributed by atoms with Crippen LogP contribution in [-0.2, 0) is 11.3 Å². The van der Waals surface area contributed by atoms with E-state index < -0.39 is 11.6 Å². The molecule has 1 aliphatic carbocycles. The Bertz CT molecular complexity index is 1240. The summed E-state index contributed by atoms with van der Waals surface area (Å²) >= 11 is 0. The summed E-state index contributed by atoms with van der Waals surface area (Å²) in [7, 11) is 0. The van der Waals surface area contributed by atoms with E-state index in [-0.39, 0.29) is 35.7 Å². The largest absolute Gasteiger partial charge is 0.352 e. The van der Waals surface area contributed by atoms with Crippen LogP contribution in [0.5, 0.6) is 0 Å². The lowest BCUT2D eigenvalue weighted by molar-refractivity contribution is -0.123. The molecule has 158 valence electrons. The number of hydrogen-bond acceptors (Lipinski definition) is 3. The molecule has 0 bridgehead atoms. The number of nitrogens with one attached hydrogen (secondary N) is 2. The van der Waals surface area contributed by atoms with Gasteiger partial charge in [0.15, 0.2) is 0 Å². The first kappa shape index (κ1) is 19.3. The predicted octanol–water partition coefficient (Wildman–Crippen LogP) is 3.91. The Morgan fingerprint density at radius 1 is 1.06 bits per heavy atom. The molecule has 9 heteroatoms. The van der Waals surface area contributed by atoms with Gasteiger partial charge in [0, 0.05) is 17.5 Å². The highest BCUT2D eigenvalue weighted by molar-refractivity contribution is 5.92. The number of rotatable bonds is 5. The van der Waals surface area contributed by atoms with E-state index in [0.717, 1.165) is 11.6 Å². The van der Waals surface area contributed by atoms with Crippen molar-refractivity contribution in [3.8, 4) is 11.3 Å². The molecule has 2 heterocycles. The number of amides is 1. The van der Waals surface area contributed by atoms with Crippen LogP contribution in [0, 0.1) is 17.5 Å². The van der Waals surface area contributed by atoms with Crippen LogP contribution >= 0.6 is 0 Å². The molecule has 0 radical (unpaired) electrons. The molecule has 0 saturated heterocycles. The minimum absolute atomic E-state index is 0.00443. The SMILES string of the molecule is O=C(Cn1cnnc1)N[C@H]1C[C@H](c2c(-c3ccc(F)cc3)[nH]c3c(F)cc(F)cc32)C1. The number of aromatic nitrogens is 4. The van der Waals surface area contributed by atoms with Gasteiger partial charge in [0.05, 0.1) is 11.2 Å². The second kappa shape index (κ2) is 7.57. The molecule has 0 atom stereocenters. The number of fused-ring (bicyclic) bond motifs is 1. The van der Waals surface area contributed by atoms with Crippen molar-refractivity contribution in [3.63, 3.8) is 0 Å². The van der Waals surface area contributed by atoms with E-state index in [1.165, 1.54) is 30.9 Å².